The smallest absolute Gasteiger partial charge is 0.0584 e. The Labute approximate surface area is 130 Å². The van der Waals surface area contributed by atoms with Crippen LogP contribution in [0.4, 0.5) is 0 Å². The molecule has 1 nitrogen and oxygen atoms in total. The Morgan fingerprint density at radius 1 is 1.10 bits per heavy atom. The Balaban J connectivity index is 1.79. The van der Waals surface area contributed by atoms with Gasteiger partial charge in [0.15, 0.2) is 0 Å². The van der Waals surface area contributed by atoms with Crippen LogP contribution in [-0.4, -0.2) is 11.2 Å². The third kappa shape index (κ3) is 1.73. The topological polar surface area (TPSA) is 20.2 Å². The number of hydrogen-bond donors (Lipinski definition) is 1. The summed E-state index contributed by atoms with van der Waals surface area (Å²) in [5.41, 5.74) is 2.56. The monoisotopic (exact) mass is 288 g/mol. The van der Waals surface area contributed by atoms with Crippen molar-refractivity contribution in [3.05, 3.63) is 12.2 Å². The van der Waals surface area contributed by atoms with Crippen LogP contribution in [0.1, 0.15) is 72.1 Å². The number of aliphatic hydroxyl groups excluding tert-OH is 1. The van der Waals surface area contributed by atoms with Crippen LogP contribution in [0.15, 0.2) is 12.2 Å². The summed E-state index contributed by atoms with van der Waals surface area (Å²) in [6, 6.07) is 0. The normalized spacial score (nSPS) is 55.0. The maximum atomic E-state index is 11.1. The molecule has 4 fully saturated rings. The van der Waals surface area contributed by atoms with E-state index in [9.17, 15) is 5.11 Å². The Kier molecular flexibility index (Phi) is 2.83. The van der Waals surface area contributed by atoms with E-state index in [1.165, 1.54) is 50.5 Å². The number of allylic oxidation sites excluding steroid dienone is 1. The van der Waals surface area contributed by atoms with Gasteiger partial charge in [0.1, 0.15) is 0 Å². The van der Waals surface area contributed by atoms with Crippen molar-refractivity contribution in [3.8, 4) is 0 Å². The minimum Gasteiger partial charge on any atom is -0.393 e. The molecule has 4 aliphatic carbocycles. The van der Waals surface area contributed by atoms with Crippen molar-refractivity contribution in [2.75, 3.05) is 0 Å². The lowest BCUT2D eigenvalue weighted by molar-refractivity contribution is -0.197. The quantitative estimate of drug-likeness (QED) is 0.626. The summed E-state index contributed by atoms with van der Waals surface area (Å²) in [5.74, 6) is 2.10. The zero-order chi connectivity index (χ0) is 15.0. The average Bonchev–Trinajstić information content (AvgIpc) is 2.57. The van der Waals surface area contributed by atoms with Crippen LogP contribution in [0.25, 0.3) is 0 Å². The van der Waals surface area contributed by atoms with E-state index in [1.807, 2.05) is 0 Å². The van der Waals surface area contributed by atoms with Crippen LogP contribution in [-0.2, 0) is 0 Å². The molecule has 0 heterocycles. The summed E-state index contributed by atoms with van der Waals surface area (Å²) in [5, 5.41) is 11.1. The minimum absolute atomic E-state index is 0.0915. The second kappa shape index (κ2) is 4.16. The zero-order valence-corrected chi connectivity index (χ0v) is 14.1. The van der Waals surface area contributed by atoms with Crippen molar-refractivity contribution in [2.24, 2.45) is 34.0 Å². The molecule has 21 heavy (non-hydrogen) atoms. The second-order valence-electron chi connectivity index (χ2n) is 9.83. The molecule has 1 N–H and O–H groups in total. The molecule has 0 aromatic carbocycles. The molecule has 1 heteroatoms. The maximum absolute atomic E-state index is 11.1. The lowest BCUT2D eigenvalue weighted by Crippen LogP contribution is -2.61. The van der Waals surface area contributed by atoms with E-state index in [-0.39, 0.29) is 6.10 Å². The van der Waals surface area contributed by atoms with Crippen LogP contribution >= 0.6 is 0 Å². The predicted molar refractivity (Wildman–Crippen MR) is 86.9 cm³/mol. The van der Waals surface area contributed by atoms with Gasteiger partial charge in [-0.05, 0) is 78.9 Å². The first kappa shape index (κ1) is 14.3. The summed E-state index contributed by atoms with van der Waals surface area (Å²) in [6.45, 7) is 11.7. The van der Waals surface area contributed by atoms with Crippen molar-refractivity contribution in [3.63, 3.8) is 0 Å². The van der Waals surface area contributed by atoms with Gasteiger partial charge in [0.25, 0.3) is 0 Å². The van der Waals surface area contributed by atoms with Gasteiger partial charge >= 0.3 is 0 Å². The van der Waals surface area contributed by atoms with Gasteiger partial charge in [0, 0.05) is 0 Å². The molecular formula is C20H32O. The van der Waals surface area contributed by atoms with Gasteiger partial charge in [-0.25, -0.2) is 0 Å². The van der Waals surface area contributed by atoms with Gasteiger partial charge in [-0.2, -0.15) is 0 Å². The summed E-state index contributed by atoms with van der Waals surface area (Å²) in [7, 11) is 0. The molecule has 0 unspecified atom stereocenters. The largest absolute Gasteiger partial charge is 0.393 e. The summed E-state index contributed by atoms with van der Waals surface area (Å²) >= 11 is 0. The maximum Gasteiger partial charge on any atom is 0.0584 e. The highest BCUT2D eigenvalue weighted by Gasteiger charge is 2.65. The Morgan fingerprint density at radius 2 is 1.86 bits per heavy atom. The molecule has 0 aliphatic heterocycles. The first-order chi connectivity index (χ1) is 9.79. The number of hydrogen-bond acceptors (Lipinski definition) is 1. The van der Waals surface area contributed by atoms with E-state index in [0.717, 1.165) is 18.3 Å². The average molecular weight is 288 g/mol. The second-order valence-corrected chi connectivity index (χ2v) is 9.83. The molecule has 4 saturated carbocycles. The van der Waals surface area contributed by atoms with Crippen LogP contribution in [0.3, 0.4) is 0 Å². The lowest BCUT2D eigenvalue weighted by atomic mass is 9.40. The fourth-order valence-corrected chi connectivity index (χ4v) is 7.89. The Hall–Kier alpha value is -0.300. The van der Waals surface area contributed by atoms with E-state index in [4.69, 9.17) is 0 Å². The fourth-order valence-electron chi connectivity index (χ4n) is 7.89. The number of rotatable bonds is 0. The molecule has 0 amide bonds. The van der Waals surface area contributed by atoms with Gasteiger partial charge in [-0.3, -0.25) is 0 Å². The minimum atomic E-state index is -0.0915. The third-order valence-corrected chi connectivity index (χ3v) is 8.24. The van der Waals surface area contributed by atoms with E-state index in [2.05, 4.69) is 27.4 Å². The summed E-state index contributed by atoms with van der Waals surface area (Å²) in [4.78, 5) is 0. The molecule has 6 atom stereocenters. The number of fused-ring (bicyclic) bond motifs is 3. The lowest BCUT2D eigenvalue weighted by Gasteiger charge is -2.65. The van der Waals surface area contributed by atoms with E-state index in [0.29, 0.717) is 22.2 Å². The molecular weight excluding hydrogens is 256 g/mol. The summed E-state index contributed by atoms with van der Waals surface area (Å²) < 4.78 is 0. The SMILES string of the molecule is C=C1C[C@]23C[C@H]1CC[C@@H]2[C@@]1(C)CCCC(C)(C)[C@@H]1[C@H](O)C3. The molecule has 0 aromatic rings. The molecule has 1 spiro atoms. The van der Waals surface area contributed by atoms with Crippen molar-refractivity contribution < 1.29 is 5.11 Å². The van der Waals surface area contributed by atoms with Gasteiger partial charge in [0.05, 0.1) is 6.10 Å². The van der Waals surface area contributed by atoms with Crippen LogP contribution < -0.4 is 0 Å². The molecule has 2 bridgehead atoms. The molecule has 0 saturated heterocycles. The highest BCUT2D eigenvalue weighted by molar-refractivity contribution is 5.23. The van der Waals surface area contributed by atoms with Crippen LogP contribution in [0.5, 0.6) is 0 Å². The van der Waals surface area contributed by atoms with Crippen molar-refractivity contribution in [2.45, 2.75) is 78.2 Å². The highest BCUT2D eigenvalue weighted by atomic mass is 16.3. The molecule has 4 aliphatic rings. The Bertz CT molecular complexity index is 478. The van der Waals surface area contributed by atoms with Crippen molar-refractivity contribution >= 4 is 0 Å². The first-order valence-electron chi connectivity index (χ1n) is 9.14. The molecule has 0 radical (unpaired) electrons. The van der Waals surface area contributed by atoms with Crippen molar-refractivity contribution in [1.29, 1.82) is 0 Å². The van der Waals surface area contributed by atoms with Gasteiger partial charge < -0.3 is 5.11 Å². The molecule has 118 valence electrons. The van der Waals surface area contributed by atoms with E-state index < -0.39 is 0 Å². The summed E-state index contributed by atoms with van der Waals surface area (Å²) in [6.07, 6.45) is 10.2. The third-order valence-electron chi connectivity index (χ3n) is 8.24. The Morgan fingerprint density at radius 3 is 2.62 bits per heavy atom. The van der Waals surface area contributed by atoms with Crippen LogP contribution in [0.2, 0.25) is 0 Å². The zero-order valence-electron chi connectivity index (χ0n) is 14.1. The van der Waals surface area contributed by atoms with Gasteiger partial charge in [-0.15, -0.1) is 0 Å². The molecule has 4 rings (SSSR count). The van der Waals surface area contributed by atoms with Gasteiger partial charge in [0.2, 0.25) is 0 Å². The first-order valence-corrected chi connectivity index (χ1v) is 9.14. The van der Waals surface area contributed by atoms with E-state index in [1.54, 1.807) is 0 Å². The van der Waals surface area contributed by atoms with E-state index >= 15 is 0 Å². The number of aliphatic hydroxyl groups is 1. The highest BCUT2D eigenvalue weighted by Crippen LogP contribution is 2.71. The fraction of sp³-hybridized carbons (Fsp3) is 0.900. The standard InChI is InChI=1S/C20H32O/c1-13-10-20-11-14(13)6-7-16(20)19(4)9-5-8-18(2,3)17(19)15(21)12-20/h14-17,21H,1,5-12H2,2-4H3/t14-,15-,16-,17+,19-,20-/m1/s1. The molecule has 0 aromatic heterocycles. The van der Waals surface area contributed by atoms with Crippen LogP contribution in [0, 0.1) is 34.0 Å². The van der Waals surface area contributed by atoms with Gasteiger partial charge in [-0.1, -0.05) is 39.3 Å². The predicted octanol–water partition coefficient (Wildman–Crippen LogP) is 4.95. The van der Waals surface area contributed by atoms with Crippen molar-refractivity contribution in [1.82, 2.24) is 0 Å².